The van der Waals surface area contributed by atoms with Gasteiger partial charge in [0.25, 0.3) is 0 Å². The number of hydrogen-bond acceptors (Lipinski definition) is 5. The Morgan fingerprint density at radius 1 is 0.750 bits per heavy atom. The number of allylic oxidation sites excluding steroid dienone is 3. The van der Waals surface area contributed by atoms with Crippen molar-refractivity contribution in [3.8, 4) is 0 Å². The minimum atomic E-state index is 0.986. The molecule has 0 bridgehead atoms. The lowest BCUT2D eigenvalue weighted by Gasteiger charge is -2.20. The zero-order valence-electron chi connectivity index (χ0n) is 24.1. The third-order valence-corrected chi connectivity index (χ3v) is 8.75. The van der Waals surface area contributed by atoms with Crippen LogP contribution in [0, 0.1) is 0 Å². The number of aryl methyl sites for hydroxylation is 1. The van der Waals surface area contributed by atoms with Crippen LogP contribution in [0.4, 0.5) is 11.4 Å². The van der Waals surface area contributed by atoms with Crippen LogP contribution in [0.5, 0.6) is 0 Å². The lowest BCUT2D eigenvalue weighted by Crippen LogP contribution is -2.72. The van der Waals surface area contributed by atoms with Crippen molar-refractivity contribution in [2.24, 2.45) is 12.8 Å². The van der Waals surface area contributed by atoms with Gasteiger partial charge in [0.1, 0.15) is 7.05 Å². The Balaban J connectivity index is 1.33. The van der Waals surface area contributed by atoms with Crippen LogP contribution >= 0.6 is 21.6 Å². The van der Waals surface area contributed by atoms with Crippen LogP contribution in [-0.4, -0.2) is 45.7 Å². The highest BCUT2D eigenvalue weighted by Crippen LogP contribution is 2.24. The van der Waals surface area contributed by atoms with Crippen molar-refractivity contribution in [1.82, 2.24) is 0 Å². The summed E-state index contributed by atoms with van der Waals surface area (Å²) in [6.45, 7) is 2.03. The van der Waals surface area contributed by atoms with Gasteiger partial charge in [0.15, 0.2) is 12.4 Å². The van der Waals surface area contributed by atoms with E-state index in [-0.39, 0.29) is 0 Å². The molecule has 210 valence electrons. The summed E-state index contributed by atoms with van der Waals surface area (Å²) in [5, 5.41) is 1.99. The van der Waals surface area contributed by atoms with Crippen LogP contribution in [0.15, 0.2) is 103 Å². The van der Waals surface area contributed by atoms with Crippen LogP contribution in [0.3, 0.4) is 0 Å². The minimum absolute atomic E-state index is 0.986. The first-order valence-electron chi connectivity index (χ1n) is 13.5. The second kappa shape index (κ2) is 17.3. The Bertz CT molecular complexity index is 1260. The Hall–Kier alpha value is -3.39. The Labute approximate surface area is 248 Å². The second-order valence-electron chi connectivity index (χ2n) is 9.49. The standard InChI is InChI=1S/C33H42N5S2/c1-35-20-17-31(27-34)8-7-29-11-15-33(16-12-29)38(4)24-26-40-39-25-23-37(3)32-13-9-28(10-14-32)5-6-30-18-21-36(2)22-19-30/h5-22,27,35H,23-26,34H2,1-4H3/q+1/p+1/b8-7+,20-17-,31-27-. The molecule has 0 atom stereocenters. The van der Waals surface area contributed by atoms with Gasteiger partial charge in [-0.1, -0.05) is 70.2 Å². The predicted octanol–water partition coefficient (Wildman–Crippen LogP) is 5.20. The van der Waals surface area contributed by atoms with Crippen molar-refractivity contribution in [2.45, 2.75) is 0 Å². The highest BCUT2D eigenvalue weighted by molar-refractivity contribution is 8.76. The number of benzene rings is 2. The van der Waals surface area contributed by atoms with E-state index in [9.17, 15) is 0 Å². The van der Waals surface area contributed by atoms with Gasteiger partial charge in [-0.25, -0.2) is 4.57 Å². The van der Waals surface area contributed by atoms with E-state index < -0.39 is 0 Å². The Morgan fingerprint density at radius 2 is 1.23 bits per heavy atom. The molecule has 2 aromatic carbocycles. The molecule has 1 aromatic heterocycles. The average molecular weight is 574 g/mol. The van der Waals surface area contributed by atoms with Gasteiger partial charge in [-0.2, -0.15) is 0 Å². The molecule has 0 aliphatic rings. The molecule has 40 heavy (non-hydrogen) atoms. The number of hydrogen-bond donors (Lipinski definition) is 2. The molecule has 0 saturated heterocycles. The van der Waals surface area contributed by atoms with Gasteiger partial charge < -0.3 is 20.9 Å². The van der Waals surface area contributed by atoms with E-state index in [1.54, 1.807) is 6.20 Å². The molecule has 0 amide bonds. The maximum atomic E-state index is 5.70. The fraction of sp³-hybridized carbons (Fsp3) is 0.242. The molecule has 3 rings (SSSR count). The molecular weight excluding hydrogens is 531 g/mol. The molecule has 0 aliphatic carbocycles. The summed E-state index contributed by atoms with van der Waals surface area (Å²) in [4.78, 5) is 4.64. The normalized spacial score (nSPS) is 12.2. The Morgan fingerprint density at radius 3 is 1.70 bits per heavy atom. The fourth-order valence-corrected chi connectivity index (χ4v) is 5.87. The van der Waals surface area contributed by atoms with Crippen molar-refractivity contribution in [2.75, 3.05) is 55.5 Å². The highest BCUT2D eigenvalue weighted by atomic mass is 33.1. The van der Waals surface area contributed by atoms with Gasteiger partial charge in [0.05, 0.1) is 13.2 Å². The summed E-state index contributed by atoms with van der Waals surface area (Å²) in [6.07, 6.45) is 18.2. The molecule has 1 heterocycles. The highest BCUT2D eigenvalue weighted by Gasteiger charge is 2.03. The molecule has 0 unspecified atom stereocenters. The summed E-state index contributed by atoms with van der Waals surface area (Å²) < 4.78 is 2.04. The van der Waals surface area contributed by atoms with Gasteiger partial charge in [-0.05, 0) is 52.6 Å². The third kappa shape index (κ3) is 11.0. The maximum Gasteiger partial charge on any atom is 0.169 e. The first kappa shape index (κ1) is 31.1. The lowest BCUT2D eigenvalue weighted by molar-refractivity contribution is -0.671. The first-order chi connectivity index (χ1) is 19.5. The van der Waals surface area contributed by atoms with Gasteiger partial charge in [0.2, 0.25) is 0 Å². The minimum Gasteiger partial charge on any atom is -0.404 e. The van der Waals surface area contributed by atoms with E-state index in [1.807, 2.05) is 63.9 Å². The number of rotatable bonds is 15. The number of anilines is 2. The number of aromatic nitrogens is 1. The Kier molecular flexibility index (Phi) is 13.5. The predicted molar refractivity (Wildman–Crippen MR) is 179 cm³/mol. The quantitative estimate of drug-likeness (QED) is 0.113. The molecule has 5 nitrogen and oxygen atoms in total. The molecule has 0 fully saturated rings. The SMILES string of the molecule is C[NH2+]\C=C/C(=C\N)/C=C/c1ccc(N(C)CCSSCCN(C)c2ccc(/C=C/c3cc[n+](C)cc3)cc2)cc1. The number of nitrogens with zero attached hydrogens (tertiary/aromatic N) is 3. The molecule has 7 heteroatoms. The zero-order valence-corrected chi connectivity index (χ0v) is 25.7. The second-order valence-corrected chi connectivity index (χ2v) is 12.2. The van der Waals surface area contributed by atoms with E-state index in [4.69, 9.17) is 5.73 Å². The topological polar surface area (TPSA) is 53.0 Å². The van der Waals surface area contributed by atoms with Crippen LogP contribution in [0.2, 0.25) is 0 Å². The summed E-state index contributed by atoms with van der Waals surface area (Å²) >= 11 is 0. The average Bonchev–Trinajstić information content (AvgIpc) is 2.99. The monoisotopic (exact) mass is 573 g/mol. The molecule has 4 N–H and O–H groups in total. The fourth-order valence-electron chi connectivity index (χ4n) is 3.79. The number of nitrogens with two attached hydrogens (primary N) is 2. The van der Waals surface area contributed by atoms with E-state index >= 15 is 0 Å². The lowest BCUT2D eigenvalue weighted by atomic mass is 10.1. The van der Waals surface area contributed by atoms with Gasteiger partial charge >= 0.3 is 0 Å². The van der Waals surface area contributed by atoms with Crippen molar-refractivity contribution in [3.05, 3.63) is 120 Å². The van der Waals surface area contributed by atoms with Crippen LogP contribution in [-0.2, 0) is 7.05 Å². The van der Waals surface area contributed by atoms with E-state index in [0.29, 0.717) is 0 Å². The summed E-state index contributed by atoms with van der Waals surface area (Å²) in [5.74, 6) is 2.17. The molecule has 0 aliphatic heterocycles. The van der Waals surface area contributed by atoms with Crippen LogP contribution in [0.25, 0.3) is 18.2 Å². The largest absolute Gasteiger partial charge is 0.404 e. The van der Waals surface area contributed by atoms with Gasteiger partial charge in [-0.15, -0.1) is 0 Å². The summed E-state index contributed by atoms with van der Waals surface area (Å²) in [6, 6.07) is 21.7. The third-order valence-electron chi connectivity index (χ3n) is 6.39. The van der Waals surface area contributed by atoms with Gasteiger partial charge in [-0.3, -0.25) is 0 Å². The van der Waals surface area contributed by atoms with Crippen LogP contribution in [0.1, 0.15) is 16.7 Å². The van der Waals surface area contributed by atoms with E-state index in [1.165, 1.54) is 22.5 Å². The number of quaternary nitrogens is 1. The molecule has 3 aromatic rings. The molecule has 0 radical (unpaired) electrons. The van der Waals surface area contributed by atoms with E-state index in [0.717, 1.165) is 35.7 Å². The van der Waals surface area contributed by atoms with Crippen molar-refractivity contribution in [3.63, 3.8) is 0 Å². The van der Waals surface area contributed by atoms with Crippen molar-refractivity contribution < 1.29 is 9.88 Å². The zero-order chi connectivity index (χ0) is 28.6. The molecule has 0 saturated carbocycles. The van der Waals surface area contributed by atoms with Crippen LogP contribution < -0.4 is 25.4 Å². The summed E-state index contributed by atoms with van der Waals surface area (Å²) in [7, 11) is 12.2. The smallest absolute Gasteiger partial charge is 0.169 e. The van der Waals surface area contributed by atoms with E-state index in [2.05, 4.69) is 115 Å². The summed E-state index contributed by atoms with van der Waals surface area (Å²) in [5.41, 5.74) is 12.7. The molecule has 0 spiro atoms. The van der Waals surface area contributed by atoms with Crippen molar-refractivity contribution in [1.29, 1.82) is 0 Å². The number of pyridine rings is 1. The molecular formula is C33H43N5S2+2. The van der Waals surface area contributed by atoms with Crippen molar-refractivity contribution >= 4 is 51.2 Å². The first-order valence-corrected chi connectivity index (χ1v) is 16.0. The van der Waals surface area contributed by atoms with Gasteiger partial charge in [0, 0.05) is 68.4 Å². The maximum absolute atomic E-state index is 5.70.